The quantitative estimate of drug-likeness (QED) is 0.735. The van der Waals surface area contributed by atoms with Crippen molar-refractivity contribution in [2.24, 2.45) is 0 Å². The van der Waals surface area contributed by atoms with Gasteiger partial charge in [0.1, 0.15) is 6.07 Å². The molecule has 0 saturated heterocycles. The summed E-state index contributed by atoms with van der Waals surface area (Å²) < 4.78 is 15.3. The first kappa shape index (κ1) is 14.8. The molecule has 0 radical (unpaired) electrons. The van der Waals surface area contributed by atoms with E-state index in [1.165, 1.54) is 6.92 Å². The molecular weight excluding hydrogens is 246 g/mol. The van der Waals surface area contributed by atoms with Crippen LogP contribution < -0.4 is 9.47 Å². The van der Waals surface area contributed by atoms with Crippen molar-refractivity contribution < 1.29 is 19.0 Å². The van der Waals surface area contributed by atoms with E-state index >= 15 is 0 Å². The topological polar surface area (TPSA) is 68.5 Å². The van der Waals surface area contributed by atoms with Gasteiger partial charge in [-0.25, -0.2) is 0 Å². The van der Waals surface area contributed by atoms with Crippen LogP contribution >= 0.6 is 0 Å². The van der Waals surface area contributed by atoms with Crippen molar-refractivity contribution in [3.8, 4) is 17.6 Å². The third kappa shape index (κ3) is 4.18. The van der Waals surface area contributed by atoms with Gasteiger partial charge in [-0.2, -0.15) is 5.26 Å². The van der Waals surface area contributed by atoms with Gasteiger partial charge in [-0.3, -0.25) is 4.79 Å². The first-order valence-electron chi connectivity index (χ1n) is 5.91. The molecule has 0 saturated carbocycles. The van der Waals surface area contributed by atoms with Crippen LogP contribution in [0.25, 0.3) is 0 Å². The van der Waals surface area contributed by atoms with E-state index in [0.717, 1.165) is 5.56 Å². The highest BCUT2D eigenvalue weighted by Gasteiger charge is 2.13. The third-order valence-corrected chi connectivity index (χ3v) is 2.57. The molecule has 102 valence electrons. The summed E-state index contributed by atoms with van der Waals surface area (Å²) in [6, 6.07) is 7.33. The Morgan fingerprint density at radius 2 is 2.11 bits per heavy atom. The van der Waals surface area contributed by atoms with Gasteiger partial charge in [0, 0.05) is 6.42 Å². The van der Waals surface area contributed by atoms with Gasteiger partial charge >= 0.3 is 5.97 Å². The molecule has 0 aliphatic rings. The monoisotopic (exact) mass is 263 g/mol. The number of para-hydroxylation sites is 1. The van der Waals surface area contributed by atoms with Gasteiger partial charge in [0.2, 0.25) is 0 Å². The number of nitriles is 1. The van der Waals surface area contributed by atoms with E-state index in [1.807, 2.05) is 18.2 Å². The smallest absolute Gasteiger partial charge is 0.307 e. The zero-order valence-electron chi connectivity index (χ0n) is 11.3. The molecule has 0 N–H and O–H groups in total. The number of methoxy groups -OCH3 is 2. The molecule has 1 atom stereocenters. The van der Waals surface area contributed by atoms with E-state index in [1.54, 1.807) is 20.3 Å². The van der Waals surface area contributed by atoms with Crippen LogP contribution in [0, 0.1) is 11.3 Å². The number of aryl methyl sites for hydroxylation is 1. The lowest BCUT2D eigenvalue weighted by Gasteiger charge is -2.12. The number of rotatable bonds is 6. The summed E-state index contributed by atoms with van der Waals surface area (Å²) in [5.41, 5.74) is 0.864. The van der Waals surface area contributed by atoms with E-state index in [2.05, 4.69) is 0 Å². The van der Waals surface area contributed by atoms with Crippen LogP contribution in [-0.2, 0) is 16.0 Å². The number of carbonyl (C=O) groups is 1. The predicted molar refractivity (Wildman–Crippen MR) is 69.0 cm³/mol. The number of nitrogens with zero attached hydrogens (tertiary/aromatic N) is 1. The maximum atomic E-state index is 11.5. The summed E-state index contributed by atoms with van der Waals surface area (Å²) in [6.07, 6.45) is -0.0629. The molecule has 1 rings (SSSR count). The highest BCUT2D eigenvalue weighted by molar-refractivity contribution is 5.70. The number of hydrogen-bond donors (Lipinski definition) is 0. The second-order valence-electron chi connectivity index (χ2n) is 3.91. The maximum Gasteiger partial charge on any atom is 0.307 e. The standard InChI is InChI=1S/C14H17NO4/c1-10(9-15)19-13(16)8-7-11-5-4-6-12(17-2)14(11)18-3/h4-6,10H,7-8H2,1-3H3. The van der Waals surface area contributed by atoms with Crippen molar-refractivity contribution in [3.63, 3.8) is 0 Å². The molecule has 0 aromatic heterocycles. The SMILES string of the molecule is COc1cccc(CCC(=O)OC(C)C#N)c1OC. The van der Waals surface area contributed by atoms with Crippen LogP contribution in [-0.4, -0.2) is 26.3 Å². The van der Waals surface area contributed by atoms with E-state index in [-0.39, 0.29) is 6.42 Å². The third-order valence-electron chi connectivity index (χ3n) is 2.57. The first-order valence-corrected chi connectivity index (χ1v) is 5.91. The van der Waals surface area contributed by atoms with Gasteiger partial charge in [-0.05, 0) is 25.0 Å². The summed E-state index contributed by atoms with van der Waals surface area (Å²) in [5, 5.41) is 8.56. The molecular formula is C14H17NO4. The van der Waals surface area contributed by atoms with Crippen molar-refractivity contribution >= 4 is 5.97 Å². The average Bonchev–Trinajstić information content (AvgIpc) is 2.44. The Hall–Kier alpha value is -2.22. The zero-order chi connectivity index (χ0) is 14.3. The van der Waals surface area contributed by atoms with E-state index < -0.39 is 12.1 Å². The van der Waals surface area contributed by atoms with Gasteiger partial charge in [0.25, 0.3) is 0 Å². The van der Waals surface area contributed by atoms with Gasteiger partial charge in [-0.15, -0.1) is 0 Å². The molecule has 0 aliphatic heterocycles. The summed E-state index contributed by atoms with van der Waals surface area (Å²) in [4.78, 5) is 11.5. The van der Waals surface area contributed by atoms with Crippen molar-refractivity contribution in [1.29, 1.82) is 5.26 Å². The fourth-order valence-corrected chi connectivity index (χ4v) is 1.67. The van der Waals surface area contributed by atoms with Crippen LogP contribution in [0.4, 0.5) is 0 Å². The second-order valence-corrected chi connectivity index (χ2v) is 3.91. The van der Waals surface area contributed by atoms with Crippen molar-refractivity contribution in [2.45, 2.75) is 25.9 Å². The minimum Gasteiger partial charge on any atom is -0.493 e. The Morgan fingerprint density at radius 1 is 1.37 bits per heavy atom. The second kappa shape index (κ2) is 7.27. The Bertz CT molecular complexity index is 479. The first-order chi connectivity index (χ1) is 9.12. The fraction of sp³-hybridized carbons (Fsp3) is 0.429. The Labute approximate surface area is 112 Å². The molecule has 0 aliphatic carbocycles. The Morgan fingerprint density at radius 3 is 2.68 bits per heavy atom. The molecule has 1 aromatic rings. The number of benzene rings is 1. The van der Waals surface area contributed by atoms with Crippen LogP contribution in [0.15, 0.2) is 18.2 Å². The molecule has 0 spiro atoms. The van der Waals surface area contributed by atoms with Gasteiger partial charge in [-0.1, -0.05) is 12.1 Å². The zero-order valence-corrected chi connectivity index (χ0v) is 11.3. The number of ether oxygens (including phenoxy) is 3. The lowest BCUT2D eigenvalue weighted by Crippen LogP contribution is -2.13. The van der Waals surface area contributed by atoms with Crippen LogP contribution in [0.2, 0.25) is 0 Å². The normalized spacial score (nSPS) is 11.3. The molecule has 0 heterocycles. The van der Waals surface area contributed by atoms with E-state index in [4.69, 9.17) is 19.5 Å². The summed E-state index contributed by atoms with van der Waals surface area (Å²) in [7, 11) is 3.11. The molecule has 19 heavy (non-hydrogen) atoms. The number of carbonyl (C=O) groups excluding carboxylic acids is 1. The van der Waals surface area contributed by atoms with Gasteiger partial charge in [0.15, 0.2) is 17.6 Å². The van der Waals surface area contributed by atoms with Crippen molar-refractivity contribution in [2.75, 3.05) is 14.2 Å². The van der Waals surface area contributed by atoms with E-state index in [9.17, 15) is 4.79 Å². The lowest BCUT2D eigenvalue weighted by molar-refractivity contribution is -0.145. The average molecular weight is 263 g/mol. The molecule has 5 heteroatoms. The Balaban J connectivity index is 2.68. The highest BCUT2D eigenvalue weighted by Crippen LogP contribution is 2.31. The molecule has 0 fully saturated rings. The predicted octanol–water partition coefficient (Wildman–Crippen LogP) is 2.09. The van der Waals surface area contributed by atoms with E-state index in [0.29, 0.717) is 17.9 Å². The van der Waals surface area contributed by atoms with Crippen LogP contribution in [0.5, 0.6) is 11.5 Å². The number of esters is 1. The highest BCUT2D eigenvalue weighted by atomic mass is 16.5. The molecule has 1 aromatic carbocycles. The fourth-order valence-electron chi connectivity index (χ4n) is 1.67. The Kier molecular flexibility index (Phi) is 5.68. The van der Waals surface area contributed by atoms with Gasteiger partial charge in [0.05, 0.1) is 14.2 Å². The summed E-state index contributed by atoms with van der Waals surface area (Å²) in [6.45, 7) is 1.53. The van der Waals surface area contributed by atoms with Gasteiger partial charge < -0.3 is 14.2 Å². The van der Waals surface area contributed by atoms with Crippen LogP contribution in [0.3, 0.4) is 0 Å². The van der Waals surface area contributed by atoms with Crippen LogP contribution in [0.1, 0.15) is 18.9 Å². The lowest BCUT2D eigenvalue weighted by atomic mass is 10.1. The number of hydrogen-bond acceptors (Lipinski definition) is 5. The summed E-state index contributed by atoms with van der Waals surface area (Å²) >= 11 is 0. The molecule has 0 bridgehead atoms. The molecule has 5 nitrogen and oxygen atoms in total. The minimum atomic E-state index is -0.722. The van der Waals surface area contributed by atoms with Crippen molar-refractivity contribution in [3.05, 3.63) is 23.8 Å². The largest absolute Gasteiger partial charge is 0.493 e. The molecule has 0 amide bonds. The minimum absolute atomic E-state index is 0.190. The van der Waals surface area contributed by atoms with Crippen molar-refractivity contribution in [1.82, 2.24) is 0 Å². The maximum absolute atomic E-state index is 11.5. The molecule has 1 unspecified atom stereocenters. The summed E-state index contributed by atoms with van der Waals surface area (Å²) in [5.74, 6) is 0.837.